The summed E-state index contributed by atoms with van der Waals surface area (Å²) < 4.78 is 1.67. The Labute approximate surface area is 205 Å². The van der Waals surface area contributed by atoms with Crippen LogP contribution in [0.5, 0.6) is 0 Å². The quantitative estimate of drug-likeness (QED) is 0.394. The molecule has 2 fully saturated rings. The number of hydrogen-bond donors (Lipinski definition) is 3. The van der Waals surface area contributed by atoms with Gasteiger partial charge < -0.3 is 16.2 Å². The predicted octanol–water partition coefficient (Wildman–Crippen LogP) is 4.66. The van der Waals surface area contributed by atoms with Gasteiger partial charge in [-0.1, -0.05) is 43.3 Å². The van der Waals surface area contributed by atoms with Crippen LogP contribution < -0.4 is 11.1 Å². The van der Waals surface area contributed by atoms with Crippen LogP contribution >= 0.6 is 0 Å². The number of anilines is 1. The molecule has 35 heavy (non-hydrogen) atoms. The van der Waals surface area contributed by atoms with Crippen molar-refractivity contribution in [3.63, 3.8) is 0 Å². The molecule has 2 saturated heterocycles. The van der Waals surface area contributed by atoms with Gasteiger partial charge in [0.1, 0.15) is 5.82 Å². The third-order valence-electron chi connectivity index (χ3n) is 8.07. The highest BCUT2D eigenvalue weighted by atomic mass is 16.3. The minimum absolute atomic E-state index is 0.115. The molecule has 0 radical (unpaired) electrons. The molecule has 2 aliphatic rings. The van der Waals surface area contributed by atoms with Gasteiger partial charge in [0.25, 0.3) is 0 Å². The topological polar surface area (TPSA) is 101 Å². The van der Waals surface area contributed by atoms with E-state index in [1.54, 1.807) is 17.6 Å². The summed E-state index contributed by atoms with van der Waals surface area (Å²) >= 11 is 0. The molecule has 0 spiro atoms. The van der Waals surface area contributed by atoms with Crippen LogP contribution in [0.1, 0.15) is 63.3 Å². The van der Waals surface area contributed by atoms with Crippen LogP contribution in [0.15, 0.2) is 54.9 Å². The third-order valence-corrected chi connectivity index (χ3v) is 8.07. The first kappa shape index (κ1) is 22.2. The molecule has 0 amide bonds. The number of aliphatic hydroxyl groups excluding tert-OH is 1. The van der Waals surface area contributed by atoms with Crippen LogP contribution in [0.3, 0.4) is 0 Å². The third kappa shape index (κ3) is 3.61. The fourth-order valence-corrected chi connectivity index (χ4v) is 6.28. The Kier molecular flexibility index (Phi) is 5.34. The number of aliphatic hydroxyl groups is 1. The molecule has 4 aromatic rings. The van der Waals surface area contributed by atoms with Gasteiger partial charge in [0.2, 0.25) is 0 Å². The summed E-state index contributed by atoms with van der Waals surface area (Å²) in [5.41, 5.74) is 12.8. The molecule has 0 saturated carbocycles. The van der Waals surface area contributed by atoms with Crippen LogP contribution in [-0.2, 0) is 5.41 Å². The van der Waals surface area contributed by atoms with E-state index in [2.05, 4.69) is 35.5 Å². The Morgan fingerprint density at radius 1 is 1.09 bits per heavy atom. The highest BCUT2D eigenvalue weighted by Gasteiger charge is 2.46. The lowest BCUT2D eigenvalue weighted by Gasteiger charge is -2.42. The first-order chi connectivity index (χ1) is 17.0. The number of benzene rings is 1. The van der Waals surface area contributed by atoms with E-state index in [1.807, 2.05) is 30.5 Å². The van der Waals surface area contributed by atoms with Crippen molar-refractivity contribution >= 4 is 11.5 Å². The van der Waals surface area contributed by atoms with Crippen molar-refractivity contribution in [3.8, 4) is 22.4 Å². The van der Waals surface area contributed by atoms with Crippen molar-refractivity contribution < 1.29 is 5.11 Å². The Morgan fingerprint density at radius 3 is 2.46 bits per heavy atom. The molecule has 4 N–H and O–H groups in total. The summed E-state index contributed by atoms with van der Waals surface area (Å²) in [5, 5.41) is 19.1. The Morgan fingerprint density at radius 2 is 1.83 bits per heavy atom. The zero-order valence-corrected chi connectivity index (χ0v) is 20.3. The molecule has 7 nitrogen and oxygen atoms in total. The number of nitrogens with one attached hydrogen (secondary N) is 1. The summed E-state index contributed by atoms with van der Waals surface area (Å²) in [6, 6.07) is 15.2. The number of nitrogens with two attached hydrogens (primary N) is 1. The normalized spacial score (nSPS) is 24.7. The van der Waals surface area contributed by atoms with Crippen LogP contribution in [0.4, 0.5) is 5.82 Å². The maximum atomic E-state index is 10.8. The SMILES string of the molecule is CCC1(c2nc3c(-c4ccc(-c5ccccc5)nc4)cnn3c(N)c2C(C)O)CC2CCC(C1)N2. The smallest absolute Gasteiger partial charge is 0.165 e. The number of hydrogen-bond acceptors (Lipinski definition) is 6. The Bertz CT molecular complexity index is 1350. The standard InChI is InChI=1S/C28H32N6O/c1-3-28(13-20-10-11-21(14-28)32-20)25-24(17(2)35)26(29)34-27(33-25)22(16-31-34)19-9-12-23(30-15-19)18-7-5-4-6-8-18/h4-9,12,15-17,20-21,32,35H,3,10-11,13-14,29H2,1-2H3. The molecule has 3 unspecified atom stereocenters. The summed E-state index contributed by atoms with van der Waals surface area (Å²) in [5.74, 6) is 0.471. The maximum Gasteiger partial charge on any atom is 0.165 e. The van der Waals surface area contributed by atoms with Gasteiger partial charge in [-0.2, -0.15) is 9.61 Å². The van der Waals surface area contributed by atoms with E-state index in [9.17, 15) is 5.11 Å². The molecule has 1 aromatic carbocycles. The molecule has 2 aliphatic heterocycles. The highest BCUT2D eigenvalue weighted by molar-refractivity contribution is 5.79. The monoisotopic (exact) mass is 468 g/mol. The first-order valence-corrected chi connectivity index (χ1v) is 12.6. The van der Waals surface area contributed by atoms with Crippen LogP contribution in [0.2, 0.25) is 0 Å². The molecule has 0 aliphatic carbocycles. The van der Waals surface area contributed by atoms with E-state index >= 15 is 0 Å². The van der Waals surface area contributed by atoms with E-state index in [0.717, 1.165) is 53.0 Å². The number of rotatable bonds is 5. The molecular weight excluding hydrogens is 436 g/mol. The van der Waals surface area contributed by atoms with Gasteiger partial charge in [-0.3, -0.25) is 4.98 Å². The molecule has 3 aromatic heterocycles. The average molecular weight is 469 g/mol. The Balaban J connectivity index is 1.49. The molecular formula is C28H32N6O. The van der Waals surface area contributed by atoms with Crippen LogP contribution in [-0.4, -0.2) is 36.8 Å². The fourth-order valence-electron chi connectivity index (χ4n) is 6.28. The average Bonchev–Trinajstić information content (AvgIpc) is 3.47. The lowest BCUT2D eigenvalue weighted by Crippen LogP contribution is -2.47. The second-order valence-corrected chi connectivity index (χ2v) is 10.2. The molecule has 7 heteroatoms. The second-order valence-electron chi connectivity index (χ2n) is 10.2. The number of piperidine rings is 1. The van der Waals surface area contributed by atoms with Crippen molar-refractivity contribution in [3.05, 3.63) is 66.1 Å². The van der Waals surface area contributed by atoms with E-state index in [-0.39, 0.29) is 5.41 Å². The lowest BCUT2D eigenvalue weighted by molar-refractivity contribution is 0.185. The summed E-state index contributed by atoms with van der Waals surface area (Å²) in [7, 11) is 0. The molecule has 3 atom stereocenters. The molecule has 2 bridgehead atoms. The van der Waals surface area contributed by atoms with Gasteiger partial charge in [-0.05, 0) is 45.1 Å². The van der Waals surface area contributed by atoms with Crippen LogP contribution in [0, 0.1) is 0 Å². The first-order valence-electron chi connectivity index (χ1n) is 12.6. The van der Waals surface area contributed by atoms with Gasteiger partial charge in [-0.25, -0.2) is 4.98 Å². The zero-order chi connectivity index (χ0) is 24.2. The van der Waals surface area contributed by atoms with Crippen molar-refractivity contribution in [1.82, 2.24) is 24.9 Å². The van der Waals surface area contributed by atoms with E-state index in [0.29, 0.717) is 23.5 Å². The minimum Gasteiger partial charge on any atom is -0.388 e. The van der Waals surface area contributed by atoms with E-state index in [4.69, 9.17) is 15.7 Å². The number of nitrogen functional groups attached to an aromatic ring is 1. The molecule has 180 valence electrons. The predicted molar refractivity (Wildman–Crippen MR) is 138 cm³/mol. The van der Waals surface area contributed by atoms with Crippen molar-refractivity contribution in [2.75, 3.05) is 5.73 Å². The number of pyridine rings is 1. The number of fused-ring (bicyclic) bond motifs is 3. The van der Waals surface area contributed by atoms with Gasteiger partial charge in [0.15, 0.2) is 5.65 Å². The Hall–Kier alpha value is -3.29. The number of nitrogens with zero attached hydrogens (tertiary/aromatic N) is 4. The summed E-state index contributed by atoms with van der Waals surface area (Å²) in [4.78, 5) is 9.95. The fraction of sp³-hybridized carbons (Fsp3) is 0.393. The van der Waals surface area contributed by atoms with Crippen molar-refractivity contribution in [2.45, 2.75) is 69.6 Å². The van der Waals surface area contributed by atoms with E-state index < -0.39 is 6.10 Å². The van der Waals surface area contributed by atoms with Crippen molar-refractivity contribution in [1.29, 1.82) is 0 Å². The van der Waals surface area contributed by atoms with Gasteiger partial charge in [0.05, 0.1) is 23.7 Å². The molecule has 6 rings (SSSR count). The van der Waals surface area contributed by atoms with Gasteiger partial charge >= 0.3 is 0 Å². The van der Waals surface area contributed by atoms with Crippen LogP contribution in [0.25, 0.3) is 28.0 Å². The lowest BCUT2D eigenvalue weighted by atomic mass is 9.69. The maximum absolute atomic E-state index is 10.8. The highest BCUT2D eigenvalue weighted by Crippen LogP contribution is 2.47. The number of aromatic nitrogens is 4. The zero-order valence-electron chi connectivity index (χ0n) is 20.3. The molecule has 5 heterocycles. The van der Waals surface area contributed by atoms with Gasteiger partial charge in [0, 0.05) is 45.9 Å². The largest absolute Gasteiger partial charge is 0.388 e. The summed E-state index contributed by atoms with van der Waals surface area (Å²) in [6.45, 7) is 4.01. The second kappa shape index (κ2) is 8.43. The summed E-state index contributed by atoms with van der Waals surface area (Å²) in [6.07, 6.45) is 8.34. The van der Waals surface area contributed by atoms with Crippen molar-refractivity contribution in [2.24, 2.45) is 0 Å². The van der Waals surface area contributed by atoms with Gasteiger partial charge in [-0.15, -0.1) is 0 Å². The minimum atomic E-state index is -0.725. The van der Waals surface area contributed by atoms with E-state index in [1.165, 1.54) is 12.8 Å².